The number of amides is 1. The number of hydrogen-bond donors (Lipinski definition) is 3. The monoisotopic (exact) mass is 363 g/mol. The average molecular weight is 364 g/mol. The van der Waals surface area contributed by atoms with Gasteiger partial charge >= 0.3 is 5.97 Å². The summed E-state index contributed by atoms with van der Waals surface area (Å²) < 4.78 is 27.4. The van der Waals surface area contributed by atoms with Gasteiger partial charge in [0.2, 0.25) is 5.91 Å². The molecule has 1 aliphatic heterocycles. The summed E-state index contributed by atoms with van der Waals surface area (Å²) in [7, 11) is -3.17. The lowest BCUT2D eigenvalue weighted by atomic mass is 10.1. The summed E-state index contributed by atoms with van der Waals surface area (Å²) in [5, 5.41) is -0.674. The van der Waals surface area contributed by atoms with Crippen molar-refractivity contribution in [2.45, 2.75) is 25.2 Å². The SMILES string of the molecule is CC(=O)OCc1ccc(C2CC(=O)NS2(O)O)c(Br)c1. The molecule has 1 atom stereocenters. The van der Waals surface area contributed by atoms with Crippen molar-refractivity contribution in [3.63, 3.8) is 0 Å². The Morgan fingerprint density at radius 1 is 1.55 bits per heavy atom. The number of hydrogen-bond acceptors (Lipinski definition) is 5. The van der Waals surface area contributed by atoms with E-state index in [4.69, 9.17) is 4.74 Å². The fourth-order valence-electron chi connectivity index (χ4n) is 1.96. The van der Waals surface area contributed by atoms with Gasteiger partial charge in [0.25, 0.3) is 0 Å². The van der Waals surface area contributed by atoms with E-state index in [-0.39, 0.29) is 24.9 Å². The Balaban J connectivity index is 2.22. The van der Waals surface area contributed by atoms with Gasteiger partial charge in [-0.2, -0.15) is 0 Å². The Bertz CT molecular complexity index is 563. The smallest absolute Gasteiger partial charge is 0.302 e. The van der Waals surface area contributed by atoms with Crippen LogP contribution in [0.15, 0.2) is 22.7 Å². The second-order valence-electron chi connectivity index (χ2n) is 4.45. The number of ether oxygens (including phenoxy) is 1. The van der Waals surface area contributed by atoms with Crippen LogP contribution in [-0.2, 0) is 20.9 Å². The molecule has 0 spiro atoms. The van der Waals surface area contributed by atoms with Crippen LogP contribution in [0.1, 0.15) is 29.7 Å². The number of carbonyl (C=O) groups excluding carboxylic acids is 2. The van der Waals surface area contributed by atoms with Crippen LogP contribution < -0.4 is 4.72 Å². The zero-order valence-electron chi connectivity index (χ0n) is 10.6. The lowest BCUT2D eigenvalue weighted by Crippen LogP contribution is -2.18. The van der Waals surface area contributed by atoms with E-state index in [2.05, 4.69) is 20.7 Å². The molecule has 1 amide bonds. The van der Waals surface area contributed by atoms with Gasteiger partial charge < -0.3 is 4.74 Å². The number of rotatable bonds is 3. The molecule has 1 fully saturated rings. The van der Waals surface area contributed by atoms with Crippen LogP contribution in [0, 0.1) is 0 Å². The Hall–Kier alpha value is -1.09. The second-order valence-corrected chi connectivity index (χ2v) is 7.26. The summed E-state index contributed by atoms with van der Waals surface area (Å²) in [5.41, 5.74) is 1.40. The second kappa shape index (κ2) is 5.72. The van der Waals surface area contributed by atoms with E-state index in [1.54, 1.807) is 18.2 Å². The normalized spacial score (nSPS) is 22.2. The molecule has 0 bridgehead atoms. The Labute approximate surface area is 126 Å². The molecule has 1 aromatic carbocycles. The third kappa shape index (κ3) is 3.32. The summed E-state index contributed by atoms with van der Waals surface area (Å²) in [4.78, 5) is 22.1. The number of esters is 1. The first kappa shape index (κ1) is 15.3. The molecular formula is C12H14BrNO5S. The van der Waals surface area contributed by atoms with E-state index in [0.717, 1.165) is 5.56 Å². The van der Waals surface area contributed by atoms with E-state index in [1.807, 2.05) is 0 Å². The zero-order valence-corrected chi connectivity index (χ0v) is 13.0. The molecule has 1 heterocycles. The number of halogens is 1. The number of benzene rings is 1. The maximum atomic E-state index is 11.3. The molecule has 1 aliphatic rings. The molecule has 1 saturated heterocycles. The van der Waals surface area contributed by atoms with E-state index in [1.165, 1.54) is 6.92 Å². The fourth-order valence-corrected chi connectivity index (χ4v) is 4.32. The highest BCUT2D eigenvalue weighted by atomic mass is 79.9. The van der Waals surface area contributed by atoms with Crippen molar-refractivity contribution in [3.05, 3.63) is 33.8 Å². The maximum Gasteiger partial charge on any atom is 0.302 e. The van der Waals surface area contributed by atoms with Crippen molar-refractivity contribution < 1.29 is 23.4 Å². The van der Waals surface area contributed by atoms with Gasteiger partial charge in [0.05, 0.1) is 6.42 Å². The highest BCUT2D eigenvalue weighted by Gasteiger charge is 2.38. The molecule has 1 aromatic rings. The highest BCUT2D eigenvalue weighted by Crippen LogP contribution is 2.57. The van der Waals surface area contributed by atoms with Gasteiger partial charge in [-0.1, -0.05) is 28.1 Å². The molecular weight excluding hydrogens is 350 g/mol. The van der Waals surface area contributed by atoms with Crippen LogP contribution in [0.4, 0.5) is 0 Å². The molecule has 1 unspecified atom stereocenters. The number of nitrogens with one attached hydrogen (secondary N) is 1. The van der Waals surface area contributed by atoms with Crippen LogP contribution in [0.3, 0.4) is 0 Å². The zero-order chi connectivity index (χ0) is 14.9. The van der Waals surface area contributed by atoms with Crippen molar-refractivity contribution in [2.24, 2.45) is 0 Å². The summed E-state index contributed by atoms with van der Waals surface area (Å²) in [6, 6.07) is 5.15. The largest absolute Gasteiger partial charge is 0.461 e. The molecule has 0 aromatic heterocycles. The lowest BCUT2D eigenvalue weighted by molar-refractivity contribution is -0.142. The Kier molecular flexibility index (Phi) is 4.38. The summed E-state index contributed by atoms with van der Waals surface area (Å²) in [6.07, 6.45) is 0.0320. The lowest BCUT2D eigenvalue weighted by Gasteiger charge is -2.33. The van der Waals surface area contributed by atoms with E-state index < -0.39 is 16.0 Å². The van der Waals surface area contributed by atoms with Crippen LogP contribution >= 0.6 is 26.7 Å². The standard InChI is InChI=1S/C12H14BrNO5S/c1-7(15)19-6-8-2-3-9(10(13)4-8)11-5-12(16)14-20(11,17)18/h2-4,11,17-18H,5-6H2,1H3,(H,14,16). The molecule has 20 heavy (non-hydrogen) atoms. The van der Waals surface area contributed by atoms with Crippen molar-refractivity contribution >= 4 is 38.6 Å². The molecule has 6 nitrogen and oxygen atoms in total. The molecule has 0 radical (unpaired) electrons. The van der Waals surface area contributed by atoms with Gasteiger partial charge in [0.15, 0.2) is 0 Å². The van der Waals surface area contributed by atoms with Crippen LogP contribution in [-0.4, -0.2) is 21.0 Å². The minimum Gasteiger partial charge on any atom is -0.461 e. The Morgan fingerprint density at radius 3 is 2.75 bits per heavy atom. The van der Waals surface area contributed by atoms with Gasteiger partial charge in [-0.15, -0.1) is 10.8 Å². The number of carbonyl (C=O) groups is 2. The third-order valence-electron chi connectivity index (χ3n) is 2.89. The predicted octanol–water partition coefficient (Wildman–Crippen LogP) is 2.74. The van der Waals surface area contributed by atoms with Crippen molar-refractivity contribution in [1.29, 1.82) is 0 Å². The first-order chi connectivity index (χ1) is 9.29. The quantitative estimate of drug-likeness (QED) is 0.717. The molecule has 8 heteroatoms. The highest BCUT2D eigenvalue weighted by molar-refractivity contribution is 9.10. The van der Waals surface area contributed by atoms with Crippen LogP contribution in [0.2, 0.25) is 0 Å². The van der Waals surface area contributed by atoms with Crippen LogP contribution in [0.5, 0.6) is 0 Å². The minimum atomic E-state index is -3.17. The maximum absolute atomic E-state index is 11.3. The topological polar surface area (TPSA) is 95.9 Å². The predicted molar refractivity (Wildman–Crippen MR) is 78.0 cm³/mol. The third-order valence-corrected chi connectivity index (χ3v) is 5.31. The van der Waals surface area contributed by atoms with E-state index in [9.17, 15) is 18.7 Å². The van der Waals surface area contributed by atoms with Gasteiger partial charge in [0, 0.05) is 11.4 Å². The molecule has 0 saturated carbocycles. The minimum absolute atomic E-state index is 0.0320. The van der Waals surface area contributed by atoms with E-state index in [0.29, 0.717) is 10.0 Å². The van der Waals surface area contributed by atoms with Gasteiger partial charge in [-0.3, -0.25) is 23.4 Å². The fraction of sp³-hybridized carbons (Fsp3) is 0.333. The van der Waals surface area contributed by atoms with Gasteiger partial charge in [-0.05, 0) is 17.2 Å². The summed E-state index contributed by atoms with van der Waals surface area (Å²) >= 11 is 3.35. The average Bonchev–Trinajstić information content (AvgIpc) is 2.60. The molecule has 110 valence electrons. The molecule has 0 aliphatic carbocycles. The molecule has 3 N–H and O–H groups in total. The van der Waals surface area contributed by atoms with Crippen molar-refractivity contribution in [2.75, 3.05) is 0 Å². The summed E-state index contributed by atoms with van der Waals surface area (Å²) in [6.45, 7) is 1.47. The van der Waals surface area contributed by atoms with Gasteiger partial charge in [-0.25, -0.2) is 0 Å². The van der Waals surface area contributed by atoms with Crippen molar-refractivity contribution in [3.8, 4) is 0 Å². The first-order valence-electron chi connectivity index (χ1n) is 5.79. The van der Waals surface area contributed by atoms with Crippen LogP contribution in [0.25, 0.3) is 0 Å². The van der Waals surface area contributed by atoms with Crippen molar-refractivity contribution in [1.82, 2.24) is 4.72 Å². The Morgan fingerprint density at radius 2 is 2.25 bits per heavy atom. The first-order valence-corrected chi connectivity index (χ1v) is 8.19. The molecule has 2 rings (SSSR count). The summed E-state index contributed by atoms with van der Waals surface area (Å²) in [5.74, 6) is -0.754. The van der Waals surface area contributed by atoms with Gasteiger partial charge in [0.1, 0.15) is 11.9 Å². The van der Waals surface area contributed by atoms with E-state index >= 15 is 0 Å².